The number of ether oxygens (including phenoxy) is 1. The molecule has 0 saturated heterocycles. The Balaban J connectivity index is 1.70. The summed E-state index contributed by atoms with van der Waals surface area (Å²) in [5.74, 6) is 0.437. The molecule has 0 radical (unpaired) electrons. The molecule has 2 aromatic rings. The molecule has 6 heteroatoms. The fourth-order valence-corrected chi connectivity index (χ4v) is 4.48. The molecule has 0 aliphatic heterocycles. The number of nitrogens with two attached hydrogens (primary N) is 1. The first kappa shape index (κ1) is 17.5. The number of aryl methyl sites for hydroxylation is 1. The second kappa shape index (κ2) is 7.27. The lowest BCUT2D eigenvalue weighted by atomic mass is 9.88. The van der Waals surface area contributed by atoms with Crippen LogP contribution in [0.4, 0.5) is 5.00 Å². The van der Waals surface area contributed by atoms with Gasteiger partial charge in [-0.05, 0) is 49.8 Å². The number of nitrogens with one attached hydrogen (secondary N) is 1. The highest BCUT2D eigenvalue weighted by Gasteiger charge is 2.27. The molecule has 0 fully saturated rings. The molecule has 25 heavy (non-hydrogen) atoms. The first-order valence-corrected chi connectivity index (χ1v) is 9.19. The van der Waals surface area contributed by atoms with Crippen molar-refractivity contribution >= 4 is 28.2 Å². The van der Waals surface area contributed by atoms with Crippen molar-refractivity contribution < 1.29 is 14.3 Å². The van der Waals surface area contributed by atoms with Gasteiger partial charge in [0.25, 0.3) is 11.8 Å². The number of carbonyl (C=O) groups is 2. The monoisotopic (exact) mass is 358 g/mol. The van der Waals surface area contributed by atoms with E-state index in [0.717, 1.165) is 35.3 Å². The number of anilines is 1. The molecule has 1 aromatic carbocycles. The average molecular weight is 358 g/mol. The summed E-state index contributed by atoms with van der Waals surface area (Å²) in [6, 6.07) is 7.49. The number of thiophene rings is 1. The van der Waals surface area contributed by atoms with Gasteiger partial charge in [0.2, 0.25) is 0 Å². The summed E-state index contributed by atoms with van der Waals surface area (Å²) in [6.07, 6.45) is 2.80. The highest BCUT2D eigenvalue weighted by atomic mass is 32.1. The Kier molecular flexibility index (Phi) is 5.08. The number of rotatable bonds is 5. The van der Waals surface area contributed by atoms with E-state index in [0.29, 0.717) is 22.2 Å². The molecule has 1 aliphatic carbocycles. The van der Waals surface area contributed by atoms with E-state index in [2.05, 4.69) is 12.2 Å². The first-order chi connectivity index (χ1) is 11.9. The molecular formula is C19H22N2O3S. The van der Waals surface area contributed by atoms with E-state index in [9.17, 15) is 9.59 Å². The lowest BCUT2D eigenvalue weighted by molar-refractivity contribution is -0.118. The number of hydrogen-bond donors (Lipinski definition) is 2. The van der Waals surface area contributed by atoms with Crippen LogP contribution in [0.25, 0.3) is 0 Å². The molecule has 1 aliphatic rings. The Morgan fingerprint density at radius 1 is 1.32 bits per heavy atom. The van der Waals surface area contributed by atoms with Crippen molar-refractivity contribution in [3.63, 3.8) is 0 Å². The Labute approximate surface area is 151 Å². The third-order valence-electron chi connectivity index (χ3n) is 4.40. The van der Waals surface area contributed by atoms with Crippen LogP contribution < -0.4 is 15.8 Å². The van der Waals surface area contributed by atoms with Crippen molar-refractivity contribution in [2.24, 2.45) is 11.7 Å². The van der Waals surface area contributed by atoms with Crippen LogP contribution in [-0.2, 0) is 17.6 Å². The van der Waals surface area contributed by atoms with Crippen molar-refractivity contribution in [3.8, 4) is 5.75 Å². The quantitative estimate of drug-likeness (QED) is 0.860. The predicted octanol–water partition coefficient (Wildman–Crippen LogP) is 3.30. The Bertz CT molecular complexity index is 796. The van der Waals surface area contributed by atoms with Crippen LogP contribution in [0.1, 0.15) is 39.7 Å². The van der Waals surface area contributed by atoms with E-state index < -0.39 is 5.91 Å². The van der Waals surface area contributed by atoms with Crippen molar-refractivity contribution in [2.45, 2.75) is 33.1 Å². The maximum atomic E-state index is 12.2. The molecular weight excluding hydrogens is 336 g/mol. The van der Waals surface area contributed by atoms with Crippen molar-refractivity contribution in [1.29, 1.82) is 0 Å². The van der Waals surface area contributed by atoms with Crippen LogP contribution in [0.15, 0.2) is 24.3 Å². The Morgan fingerprint density at radius 3 is 2.72 bits per heavy atom. The molecule has 0 unspecified atom stereocenters. The summed E-state index contributed by atoms with van der Waals surface area (Å²) >= 11 is 1.46. The van der Waals surface area contributed by atoms with Gasteiger partial charge < -0.3 is 15.8 Å². The maximum Gasteiger partial charge on any atom is 0.262 e. The zero-order chi connectivity index (χ0) is 18.0. The van der Waals surface area contributed by atoms with Gasteiger partial charge >= 0.3 is 0 Å². The van der Waals surface area contributed by atoms with E-state index in [-0.39, 0.29) is 12.5 Å². The van der Waals surface area contributed by atoms with Crippen molar-refractivity contribution in [1.82, 2.24) is 0 Å². The number of amides is 2. The summed E-state index contributed by atoms with van der Waals surface area (Å²) in [5.41, 5.74) is 8.16. The van der Waals surface area contributed by atoms with Crippen LogP contribution >= 0.6 is 11.3 Å². The molecule has 0 bridgehead atoms. The van der Waals surface area contributed by atoms with Gasteiger partial charge in [-0.1, -0.05) is 24.6 Å². The molecule has 3 rings (SSSR count). The third-order valence-corrected chi connectivity index (χ3v) is 5.57. The molecule has 1 aromatic heterocycles. The molecule has 5 nitrogen and oxygen atoms in total. The number of fused-ring (bicyclic) bond motifs is 1. The standard InChI is InChI=1S/C19H22N2O3S/c1-11-3-6-13(7-4-11)24-10-16(22)21-19-17(18(20)23)14-8-5-12(2)9-15(14)25-19/h3-4,6-7,12H,5,8-10H2,1-2H3,(H2,20,23)(H,21,22)/t12-/m0/s1. The minimum atomic E-state index is -0.484. The molecule has 1 atom stereocenters. The molecule has 0 spiro atoms. The second-order valence-electron chi connectivity index (χ2n) is 6.57. The van der Waals surface area contributed by atoms with Gasteiger partial charge in [-0.25, -0.2) is 0 Å². The molecule has 2 amide bonds. The lowest BCUT2D eigenvalue weighted by Gasteiger charge is -2.18. The van der Waals surface area contributed by atoms with Gasteiger partial charge in [0.05, 0.1) is 5.56 Å². The Hall–Kier alpha value is -2.34. The third kappa shape index (κ3) is 4.02. The number of benzene rings is 1. The summed E-state index contributed by atoms with van der Waals surface area (Å²) in [5, 5.41) is 3.34. The molecule has 3 N–H and O–H groups in total. The fraction of sp³-hybridized carbons (Fsp3) is 0.368. The second-order valence-corrected chi connectivity index (χ2v) is 7.68. The molecule has 132 valence electrons. The zero-order valence-electron chi connectivity index (χ0n) is 14.4. The fourth-order valence-electron chi connectivity index (χ4n) is 3.05. The van der Waals surface area contributed by atoms with Gasteiger partial charge in [-0.2, -0.15) is 0 Å². The number of hydrogen-bond acceptors (Lipinski definition) is 4. The number of carbonyl (C=O) groups excluding carboxylic acids is 2. The van der Waals surface area contributed by atoms with Gasteiger partial charge in [0.1, 0.15) is 10.8 Å². The summed E-state index contributed by atoms with van der Waals surface area (Å²) < 4.78 is 5.49. The van der Waals surface area contributed by atoms with Crippen molar-refractivity contribution in [3.05, 3.63) is 45.8 Å². The first-order valence-electron chi connectivity index (χ1n) is 8.37. The van der Waals surface area contributed by atoms with Crippen LogP contribution in [-0.4, -0.2) is 18.4 Å². The van der Waals surface area contributed by atoms with Gasteiger partial charge in [0, 0.05) is 4.88 Å². The minimum absolute atomic E-state index is 0.111. The van der Waals surface area contributed by atoms with E-state index in [1.165, 1.54) is 11.3 Å². The van der Waals surface area contributed by atoms with E-state index in [1.54, 1.807) is 0 Å². The summed E-state index contributed by atoms with van der Waals surface area (Å²) in [4.78, 5) is 25.3. The average Bonchev–Trinajstić information content (AvgIpc) is 2.91. The van der Waals surface area contributed by atoms with Crippen LogP contribution in [0, 0.1) is 12.8 Å². The van der Waals surface area contributed by atoms with Crippen molar-refractivity contribution in [2.75, 3.05) is 11.9 Å². The van der Waals surface area contributed by atoms with E-state index in [1.807, 2.05) is 31.2 Å². The topological polar surface area (TPSA) is 81.4 Å². The summed E-state index contributed by atoms with van der Waals surface area (Å²) in [6.45, 7) is 4.07. The highest BCUT2D eigenvalue weighted by Crippen LogP contribution is 2.39. The predicted molar refractivity (Wildman–Crippen MR) is 99.3 cm³/mol. The van der Waals surface area contributed by atoms with Gasteiger partial charge in [0.15, 0.2) is 6.61 Å². The van der Waals surface area contributed by atoms with Crippen LogP contribution in [0.3, 0.4) is 0 Å². The Morgan fingerprint density at radius 2 is 2.04 bits per heavy atom. The molecule has 0 saturated carbocycles. The lowest BCUT2D eigenvalue weighted by Crippen LogP contribution is -2.22. The largest absolute Gasteiger partial charge is 0.484 e. The minimum Gasteiger partial charge on any atom is -0.484 e. The smallest absolute Gasteiger partial charge is 0.262 e. The van der Waals surface area contributed by atoms with Crippen LogP contribution in [0.2, 0.25) is 0 Å². The van der Waals surface area contributed by atoms with E-state index in [4.69, 9.17) is 10.5 Å². The maximum absolute atomic E-state index is 12.2. The van der Waals surface area contributed by atoms with Crippen LogP contribution in [0.5, 0.6) is 5.75 Å². The summed E-state index contributed by atoms with van der Waals surface area (Å²) in [7, 11) is 0. The highest BCUT2D eigenvalue weighted by molar-refractivity contribution is 7.17. The zero-order valence-corrected chi connectivity index (χ0v) is 15.2. The van der Waals surface area contributed by atoms with Gasteiger partial charge in [-0.15, -0.1) is 11.3 Å². The van der Waals surface area contributed by atoms with Gasteiger partial charge in [-0.3, -0.25) is 9.59 Å². The SMILES string of the molecule is Cc1ccc(OCC(=O)Nc2sc3c(c2C(N)=O)CC[C@H](C)C3)cc1. The number of primary amides is 1. The molecule has 1 heterocycles. The van der Waals surface area contributed by atoms with E-state index >= 15 is 0 Å². The normalized spacial score (nSPS) is 16.2.